The van der Waals surface area contributed by atoms with Crippen LogP contribution in [-0.4, -0.2) is 12.6 Å². The second-order valence-electron chi connectivity index (χ2n) is 3.98. The predicted octanol–water partition coefficient (Wildman–Crippen LogP) is 3.02. The summed E-state index contributed by atoms with van der Waals surface area (Å²) < 4.78 is 0. The Morgan fingerprint density at radius 1 is 1.21 bits per heavy atom. The minimum absolute atomic E-state index is 0.671. The van der Waals surface area contributed by atoms with E-state index in [1.165, 1.54) is 31.4 Å². The number of benzene rings is 1. The Bertz CT molecular complexity index is 275. The van der Waals surface area contributed by atoms with E-state index in [0.29, 0.717) is 6.04 Å². The van der Waals surface area contributed by atoms with E-state index in [-0.39, 0.29) is 0 Å². The van der Waals surface area contributed by atoms with Crippen LogP contribution in [-0.2, 0) is 6.42 Å². The molecule has 1 fully saturated rings. The Balaban J connectivity index is 1.92. The van der Waals surface area contributed by atoms with E-state index in [0.717, 1.165) is 11.4 Å². The van der Waals surface area contributed by atoms with Crippen molar-refractivity contribution in [2.75, 3.05) is 6.54 Å². The van der Waals surface area contributed by atoms with E-state index in [2.05, 4.69) is 17.4 Å². The highest BCUT2D eigenvalue weighted by atomic mass is 35.5. The zero-order chi connectivity index (χ0) is 9.80. The minimum Gasteiger partial charge on any atom is -0.314 e. The lowest BCUT2D eigenvalue weighted by molar-refractivity contribution is 0.399. The van der Waals surface area contributed by atoms with Crippen LogP contribution in [0.25, 0.3) is 0 Å². The number of hydrogen-bond donors (Lipinski definition) is 1. The van der Waals surface area contributed by atoms with Crippen molar-refractivity contribution in [2.24, 2.45) is 0 Å². The first kappa shape index (κ1) is 10.0. The maximum absolute atomic E-state index is 5.84. The fourth-order valence-electron chi connectivity index (χ4n) is 2.00. The lowest BCUT2D eigenvalue weighted by atomic mass is 9.98. The molecule has 1 aliphatic rings. The van der Waals surface area contributed by atoms with Crippen molar-refractivity contribution in [2.45, 2.75) is 31.7 Å². The fourth-order valence-corrected chi connectivity index (χ4v) is 2.13. The van der Waals surface area contributed by atoms with Gasteiger partial charge in [0, 0.05) is 11.1 Å². The fraction of sp³-hybridized carbons (Fsp3) is 0.500. The smallest absolute Gasteiger partial charge is 0.0406 e. The van der Waals surface area contributed by atoms with Crippen LogP contribution in [0.5, 0.6) is 0 Å². The van der Waals surface area contributed by atoms with Gasteiger partial charge in [0.15, 0.2) is 0 Å². The van der Waals surface area contributed by atoms with Gasteiger partial charge in [-0.3, -0.25) is 0 Å². The third-order valence-corrected chi connectivity index (χ3v) is 3.06. The molecular formula is C12H16ClN. The number of rotatable bonds is 2. The van der Waals surface area contributed by atoms with E-state index in [9.17, 15) is 0 Å². The quantitative estimate of drug-likeness (QED) is 0.790. The second kappa shape index (κ2) is 4.81. The zero-order valence-corrected chi connectivity index (χ0v) is 9.06. The van der Waals surface area contributed by atoms with E-state index >= 15 is 0 Å². The standard InChI is InChI=1S/C12H16ClN/c13-11-6-4-10(5-7-11)9-12-3-1-2-8-14-12/h4-7,12,14H,1-3,8-9H2. The molecule has 76 valence electrons. The molecule has 1 unspecified atom stereocenters. The summed E-state index contributed by atoms with van der Waals surface area (Å²) in [4.78, 5) is 0. The lowest BCUT2D eigenvalue weighted by Gasteiger charge is -2.23. The summed E-state index contributed by atoms with van der Waals surface area (Å²) in [7, 11) is 0. The molecule has 1 saturated heterocycles. The van der Waals surface area contributed by atoms with E-state index in [1.807, 2.05) is 12.1 Å². The maximum Gasteiger partial charge on any atom is 0.0406 e. The molecule has 1 N–H and O–H groups in total. The van der Waals surface area contributed by atoms with Crippen LogP contribution in [0.3, 0.4) is 0 Å². The number of halogens is 1. The Labute approximate surface area is 90.5 Å². The molecular weight excluding hydrogens is 194 g/mol. The molecule has 0 aromatic heterocycles. The molecule has 0 amide bonds. The highest BCUT2D eigenvalue weighted by Crippen LogP contribution is 2.15. The molecule has 1 nitrogen and oxygen atoms in total. The van der Waals surface area contributed by atoms with E-state index in [1.54, 1.807) is 0 Å². The van der Waals surface area contributed by atoms with Gasteiger partial charge in [0.05, 0.1) is 0 Å². The predicted molar refractivity (Wildman–Crippen MR) is 60.8 cm³/mol. The molecule has 0 saturated carbocycles. The Kier molecular flexibility index (Phi) is 3.44. The largest absolute Gasteiger partial charge is 0.314 e. The summed E-state index contributed by atoms with van der Waals surface area (Å²) in [6, 6.07) is 8.86. The van der Waals surface area contributed by atoms with Crippen molar-refractivity contribution in [3.05, 3.63) is 34.9 Å². The van der Waals surface area contributed by atoms with Crippen molar-refractivity contribution >= 4 is 11.6 Å². The van der Waals surface area contributed by atoms with Crippen LogP contribution < -0.4 is 5.32 Å². The van der Waals surface area contributed by atoms with Crippen LogP contribution in [0.2, 0.25) is 5.02 Å². The lowest BCUT2D eigenvalue weighted by Crippen LogP contribution is -2.35. The molecule has 0 spiro atoms. The average Bonchev–Trinajstić information content (AvgIpc) is 2.23. The van der Waals surface area contributed by atoms with Gasteiger partial charge in [-0.05, 0) is 43.5 Å². The Morgan fingerprint density at radius 3 is 2.64 bits per heavy atom. The Morgan fingerprint density at radius 2 is 2.00 bits per heavy atom. The van der Waals surface area contributed by atoms with Crippen LogP contribution in [0.15, 0.2) is 24.3 Å². The molecule has 14 heavy (non-hydrogen) atoms. The summed E-state index contributed by atoms with van der Waals surface area (Å²) in [5.74, 6) is 0. The maximum atomic E-state index is 5.84. The first-order valence-electron chi connectivity index (χ1n) is 5.32. The summed E-state index contributed by atoms with van der Waals surface area (Å²) in [6.45, 7) is 1.18. The summed E-state index contributed by atoms with van der Waals surface area (Å²) in [5, 5.41) is 4.37. The van der Waals surface area contributed by atoms with Crippen LogP contribution in [0.4, 0.5) is 0 Å². The van der Waals surface area contributed by atoms with Gasteiger partial charge in [0.1, 0.15) is 0 Å². The number of nitrogens with one attached hydrogen (secondary N) is 1. The van der Waals surface area contributed by atoms with Gasteiger partial charge in [0.25, 0.3) is 0 Å². The average molecular weight is 210 g/mol. The van der Waals surface area contributed by atoms with Crippen molar-refractivity contribution in [3.63, 3.8) is 0 Å². The SMILES string of the molecule is Clc1ccc(CC2CCCCN2)cc1. The van der Waals surface area contributed by atoms with Crippen molar-refractivity contribution < 1.29 is 0 Å². The normalized spacial score (nSPS) is 22.2. The van der Waals surface area contributed by atoms with Crippen LogP contribution in [0.1, 0.15) is 24.8 Å². The highest BCUT2D eigenvalue weighted by Gasteiger charge is 2.12. The third-order valence-electron chi connectivity index (χ3n) is 2.81. The van der Waals surface area contributed by atoms with Crippen molar-refractivity contribution in [1.29, 1.82) is 0 Å². The summed E-state index contributed by atoms with van der Waals surface area (Å²) in [6.07, 6.45) is 5.14. The molecule has 0 radical (unpaired) electrons. The summed E-state index contributed by atoms with van der Waals surface area (Å²) in [5.41, 5.74) is 1.38. The summed E-state index contributed by atoms with van der Waals surface area (Å²) >= 11 is 5.84. The zero-order valence-electron chi connectivity index (χ0n) is 8.30. The Hall–Kier alpha value is -0.530. The molecule has 2 heteroatoms. The van der Waals surface area contributed by atoms with Gasteiger partial charge in [0.2, 0.25) is 0 Å². The first-order chi connectivity index (χ1) is 6.84. The van der Waals surface area contributed by atoms with Gasteiger partial charge >= 0.3 is 0 Å². The van der Waals surface area contributed by atoms with E-state index in [4.69, 9.17) is 11.6 Å². The first-order valence-corrected chi connectivity index (χ1v) is 5.70. The third kappa shape index (κ3) is 2.73. The molecule has 1 heterocycles. The number of piperidine rings is 1. The van der Waals surface area contributed by atoms with Crippen molar-refractivity contribution in [3.8, 4) is 0 Å². The topological polar surface area (TPSA) is 12.0 Å². The molecule has 2 rings (SSSR count). The second-order valence-corrected chi connectivity index (χ2v) is 4.41. The highest BCUT2D eigenvalue weighted by molar-refractivity contribution is 6.30. The molecule has 1 aromatic carbocycles. The van der Waals surface area contributed by atoms with Gasteiger partial charge in [-0.2, -0.15) is 0 Å². The van der Waals surface area contributed by atoms with Gasteiger partial charge < -0.3 is 5.32 Å². The molecule has 1 aromatic rings. The molecule has 1 aliphatic heterocycles. The van der Waals surface area contributed by atoms with Gasteiger partial charge in [-0.1, -0.05) is 30.2 Å². The van der Waals surface area contributed by atoms with Gasteiger partial charge in [-0.25, -0.2) is 0 Å². The van der Waals surface area contributed by atoms with E-state index < -0.39 is 0 Å². The van der Waals surface area contributed by atoms with Gasteiger partial charge in [-0.15, -0.1) is 0 Å². The van der Waals surface area contributed by atoms with Crippen LogP contribution >= 0.6 is 11.6 Å². The van der Waals surface area contributed by atoms with Crippen LogP contribution in [0, 0.1) is 0 Å². The minimum atomic E-state index is 0.671. The van der Waals surface area contributed by atoms with Crippen molar-refractivity contribution in [1.82, 2.24) is 5.32 Å². The molecule has 0 aliphatic carbocycles. The molecule has 1 atom stereocenters. The molecule has 0 bridgehead atoms. The number of hydrogen-bond acceptors (Lipinski definition) is 1. The monoisotopic (exact) mass is 209 g/mol.